The van der Waals surface area contributed by atoms with Crippen LogP contribution in [0.4, 0.5) is 0 Å². The number of allylic oxidation sites excluding steroid dienone is 1. The summed E-state index contributed by atoms with van der Waals surface area (Å²) in [7, 11) is 0. The van der Waals surface area contributed by atoms with Crippen LogP contribution in [-0.2, 0) is 0 Å². The molecule has 0 spiro atoms. The van der Waals surface area contributed by atoms with E-state index in [9.17, 15) is 0 Å². The maximum atomic E-state index is 5.19. The fourth-order valence-electron chi connectivity index (χ4n) is 0.251. The van der Waals surface area contributed by atoms with Gasteiger partial charge >= 0.3 is 0 Å². The first kappa shape index (κ1) is 7.91. The highest BCUT2D eigenvalue weighted by Gasteiger charge is 1.77. The van der Waals surface area contributed by atoms with Crippen molar-refractivity contribution in [3.05, 3.63) is 24.6 Å². The molecule has 0 aliphatic rings. The molecule has 3 heteroatoms. The van der Waals surface area contributed by atoms with Crippen LogP contribution in [0.2, 0.25) is 0 Å². The molecule has 0 saturated heterocycles. The number of nitrogens with zero attached hydrogens (tertiary/aromatic N) is 1. The molecule has 0 unspecified atom stereocenters. The number of rotatable bonds is 3. The third-order valence-electron chi connectivity index (χ3n) is 0.690. The van der Waals surface area contributed by atoms with E-state index in [4.69, 9.17) is 11.5 Å². The van der Waals surface area contributed by atoms with Crippen molar-refractivity contribution >= 4 is 6.21 Å². The van der Waals surface area contributed by atoms with Gasteiger partial charge in [-0.05, 0) is 12.3 Å². The summed E-state index contributed by atoms with van der Waals surface area (Å²) in [5, 5.41) is 0. The van der Waals surface area contributed by atoms with Crippen molar-refractivity contribution in [1.29, 1.82) is 0 Å². The predicted molar refractivity (Wildman–Crippen MR) is 40.0 cm³/mol. The smallest absolute Gasteiger partial charge is 0.0467 e. The Morgan fingerprint density at radius 2 is 2.33 bits per heavy atom. The molecule has 0 radical (unpaired) electrons. The zero-order valence-electron chi connectivity index (χ0n) is 5.25. The first-order chi connectivity index (χ1) is 4.31. The average Bonchev–Trinajstić information content (AvgIpc) is 1.89. The Bertz CT molecular complexity index is 135. The topological polar surface area (TPSA) is 64.4 Å². The quantitative estimate of drug-likeness (QED) is 0.521. The number of hydrogen-bond donors (Lipinski definition) is 2. The van der Waals surface area contributed by atoms with Gasteiger partial charge in [-0.3, -0.25) is 4.99 Å². The lowest BCUT2D eigenvalue weighted by molar-refractivity contribution is 1.12. The van der Waals surface area contributed by atoms with Crippen LogP contribution < -0.4 is 11.5 Å². The van der Waals surface area contributed by atoms with Crippen LogP contribution in [0.25, 0.3) is 0 Å². The maximum absolute atomic E-state index is 5.19. The van der Waals surface area contributed by atoms with Crippen molar-refractivity contribution in [2.24, 2.45) is 16.5 Å². The van der Waals surface area contributed by atoms with Gasteiger partial charge < -0.3 is 11.5 Å². The molecule has 0 rings (SSSR count). The van der Waals surface area contributed by atoms with Crippen molar-refractivity contribution in [1.82, 2.24) is 0 Å². The van der Waals surface area contributed by atoms with Gasteiger partial charge in [0.15, 0.2) is 0 Å². The van der Waals surface area contributed by atoms with Gasteiger partial charge in [0.25, 0.3) is 0 Å². The first-order valence-electron chi connectivity index (χ1n) is 2.60. The van der Waals surface area contributed by atoms with Crippen molar-refractivity contribution in [2.45, 2.75) is 0 Å². The molecule has 0 aliphatic carbocycles. The number of nitrogens with two attached hydrogens (primary N) is 2. The molecule has 3 nitrogen and oxygen atoms in total. The molecule has 0 saturated carbocycles. The molecule has 50 valence electrons. The zero-order chi connectivity index (χ0) is 7.11. The molecule has 0 fully saturated rings. The molecule has 0 atom stereocenters. The van der Waals surface area contributed by atoms with E-state index in [0.717, 1.165) is 0 Å². The second-order valence-corrected chi connectivity index (χ2v) is 1.43. The van der Waals surface area contributed by atoms with Gasteiger partial charge in [0.2, 0.25) is 0 Å². The van der Waals surface area contributed by atoms with Crippen LogP contribution in [0.15, 0.2) is 29.5 Å². The highest BCUT2D eigenvalue weighted by molar-refractivity contribution is 5.71. The van der Waals surface area contributed by atoms with Gasteiger partial charge in [0.05, 0.1) is 0 Å². The fraction of sp³-hybridized carbons (Fsp3) is 0.167. The van der Waals surface area contributed by atoms with E-state index in [-0.39, 0.29) is 0 Å². The Balaban J connectivity index is 3.57. The Kier molecular flexibility index (Phi) is 4.44. The number of hydrogen-bond acceptors (Lipinski definition) is 3. The molecular formula is C6H11N3. The molecule has 0 aromatic rings. The molecule has 0 heterocycles. The van der Waals surface area contributed by atoms with Gasteiger partial charge in [0, 0.05) is 18.5 Å². The van der Waals surface area contributed by atoms with E-state index in [2.05, 4.69) is 11.6 Å². The van der Waals surface area contributed by atoms with Crippen LogP contribution in [0.5, 0.6) is 0 Å². The van der Waals surface area contributed by atoms with Crippen molar-refractivity contribution in [3.8, 4) is 0 Å². The standard InChI is InChI=1S/C6H11N3/c1-6(5-8)9-4-2-3-7/h2-4H,1,5,7-8H2/b3-2-,9-4?. The van der Waals surface area contributed by atoms with Gasteiger partial charge in [-0.25, -0.2) is 0 Å². The van der Waals surface area contributed by atoms with E-state index >= 15 is 0 Å². The first-order valence-corrected chi connectivity index (χ1v) is 2.60. The third-order valence-corrected chi connectivity index (χ3v) is 0.690. The summed E-state index contributed by atoms with van der Waals surface area (Å²) in [4.78, 5) is 3.82. The highest BCUT2D eigenvalue weighted by Crippen LogP contribution is 1.83. The monoisotopic (exact) mass is 125 g/mol. The molecule has 0 aliphatic heterocycles. The van der Waals surface area contributed by atoms with Crippen molar-refractivity contribution in [2.75, 3.05) is 6.54 Å². The molecule has 0 aromatic heterocycles. The Labute approximate surface area is 54.8 Å². The van der Waals surface area contributed by atoms with Crippen LogP contribution in [0, 0.1) is 0 Å². The van der Waals surface area contributed by atoms with E-state index < -0.39 is 0 Å². The molecule has 0 amide bonds. The van der Waals surface area contributed by atoms with Crippen LogP contribution >= 0.6 is 0 Å². The summed E-state index contributed by atoms with van der Waals surface area (Å²) in [6.07, 6.45) is 4.56. The zero-order valence-corrected chi connectivity index (χ0v) is 5.25. The van der Waals surface area contributed by atoms with Crippen molar-refractivity contribution < 1.29 is 0 Å². The summed E-state index contributed by atoms with van der Waals surface area (Å²) >= 11 is 0. The van der Waals surface area contributed by atoms with E-state index in [0.29, 0.717) is 12.2 Å². The van der Waals surface area contributed by atoms with Crippen LogP contribution in [0.1, 0.15) is 0 Å². The maximum Gasteiger partial charge on any atom is 0.0467 e. The van der Waals surface area contributed by atoms with Crippen molar-refractivity contribution in [3.63, 3.8) is 0 Å². The average molecular weight is 125 g/mol. The van der Waals surface area contributed by atoms with Gasteiger partial charge in [-0.15, -0.1) is 0 Å². The Hall–Kier alpha value is -1.09. The van der Waals surface area contributed by atoms with Gasteiger partial charge in [0.1, 0.15) is 0 Å². The van der Waals surface area contributed by atoms with Crippen LogP contribution in [-0.4, -0.2) is 12.8 Å². The van der Waals surface area contributed by atoms with E-state index in [1.807, 2.05) is 0 Å². The summed E-state index contributed by atoms with van der Waals surface area (Å²) in [6.45, 7) is 3.93. The summed E-state index contributed by atoms with van der Waals surface area (Å²) < 4.78 is 0. The summed E-state index contributed by atoms with van der Waals surface area (Å²) in [5.74, 6) is 0. The minimum atomic E-state index is 0.384. The Morgan fingerprint density at radius 1 is 1.67 bits per heavy atom. The molecule has 4 N–H and O–H groups in total. The lowest BCUT2D eigenvalue weighted by Crippen LogP contribution is -1.99. The largest absolute Gasteiger partial charge is 0.405 e. The lowest BCUT2D eigenvalue weighted by atomic mass is 10.5. The lowest BCUT2D eigenvalue weighted by Gasteiger charge is -1.87. The molecule has 0 aromatic carbocycles. The van der Waals surface area contributed by atoms with Crippen LogP contribution in [0.3, 0.4) is 0 Å². The van der Waals surface area contributed by atoms with Gasteiger partial charge in [-0.1, -0.05) is 6.58 Å². The normalized spacial score (nSPS) is 11.2. The Morgan fingerprint density at radius 3 is 2.78 bits per heavy atom. The second-order valence-electron chi connectivity index (χ2n) is 1.43. The fourth-order valence-corrected chi connectivity index (χ4v) is 0.251. The summed E-state index contributed by atoms with van der Waals surface area (Å²) in [6, 6.07) is 0. The van der Waals surface area contributed by atoms with Gasteiger partial charge in [-0.2, -0.15) is 0 Å². The predicted octanol–water partition coefficient (Wildman–Crippen LogP) is 0.00200. The second kappa shape index (κ2) is 5.05. The van der Waals surface area contributed by atoms with E-state index in [1.165, 1.54) is 6.20 Å². The van der Waals surface area contributed by atoms with E-state index in [1.54, 1.807) is 12.3 Å². The summed E-state index contributed by atoms with van der Waals surface area (Å²) in [5.41, 5.74) is 10.9. The highest BCUT2D eigenvalue weighted by atomic mass is 14.8. The molecular weight excluding hydrogens is 114 g/mol. The SMILES string of the molecule is C=C(CN)N=C/C=C\N. The minimum absolute atomic E-state index is 0.384. The number of aliphatic imine (C=N–C) groups is 1. The molecule has 0 bridgehead atoms. The minimum Gasteiger partial charge on any atom is -0.405 e. The third kappa shape index (κ3) is 4.77. The molecule has 9 heavy (non-hydrogen) atoms.